The highest BCUT2D eigenvalue weighted by Crippen LogP contribution is 2.27. The van der Waals surface area contributed by atoms with Gasteiger partial charge in [-0.2, -0.15) is 5.10 Å². The molecule has 1 aliphatic heterocycles. The van der Waals surface area contributed by atoms with Crippen LogP contribution in [0.5, 0.6) is 5.75 Å². The summed E-state index contributed by atoms with van der Waals surface area (Å²) in [4.78, 5) is 4.19. The molecular formula is C16H18N6O. The fourth-order valence-electron chi connectivity index (χ4n) is 2.92. The van der Waals surface area contributed by atoms with Crippen molar-refractivity contribution in [1.29, 1.82) is 0 Å². The van der Waals surface area contributed by atoms with E-state index in [0.717, 1.165) is 35.9 Å². The van der Waals surface area contributed by atoms with Gasteiger partial charge in [0, 0.05) is 13.0 Å². The van der Waals surface area contributed by atoms with E-state index < -0.39 is 0 Å². The highest BCUT2D eigenvalue weighted by Gasteiger charge is 2.16. The molecule has 23 heavy (non-hydrogen) atoms. The van der Waals surface area contributed by atoms with Crippen molar-refractivity contribution in [2.75, 3.05) is 0 Å². The lowest BCUT2D eigenvalue weighted by atomic mass is 10.2. The van der Waals surface area contributed by atoms with Gasteiger partial charge in [-0.25, -0.2) is 4.98 Å². The summed E-state index contributed by atoms with van der Waals surface area (Å²) < 4.78 is 8.20. The Bertz CT molecular complexity index is 780. The third-order valence-corrected chi connectivity index (χ3v) is 4.10. The lowest BCUT2D eigenvalue weighted by Crippen LogP contribution is -2.09. The monoisotopic (exact) mass is 310 g/mol. The molecule has 0 bridgehead atoms. The highest BCUT2D eigenvalue weighted by atomic mass is 16.5. The molecule has 0 unspecified atom stereocenters. The van der Waals surface area contributed by atoms with E-state index in [1.54, 1.807) is 0 Å². The summed E-state index contributed by atoms with van der Waals surface area (Å²) in [6, 6.07) is 7.78. The van der Waals surface area contributed by atoms with Gasteiger partial charge < -0.3 is 9.30 Å². The van der Waals surface area contributed by atoms with E-state index in [9.17, 15) is 0 Å². The number of aryl methyl sites for hydroxylation is 1. The second-order valence-corrected chi connectivity index (χ2v) is 5.61. The minimum Gasteiger partial charge on any atom is -0.485 e. The Morgan fingerprint density at radius 2 is 2.09 bits per heavy atom. The summed E-state index contributed by atoms with van der Waals surface area (Å²) in [5.74, 6) is 3.41. The first-order chi connectivity index (χ1) is 11.4. The zero-order valence-corrected chi connectivity index (χ0v) is 12.8. The fourth-order valence-corrected chi connectivity index (χ4v) is 2.92. The van der Waals surface area contributed by atoms with Crippen LogP contribution in [-0.4, -0.2) is 29.9 Å². The second kappa shape index (κ2) is 6.20. The number of H-pyrrole nitrogens is 1. The number of aromatic amines is 1. The molecule has 1 N–H and O–H groups in total. The first-order valence-electron chi connectivity index (χ1n) is 7.90. The fraction of sp³-hybridized carbons (Fsp3) is 0.375. The summed E-state index contributed by atoms with van der Waals surface area (Å²) >= 11 is 0. The topological polar surface area (TPSA) is 81.5 Å². The minimum absolute atomic E-state index is 0.401. The maximum atomic E-state index is 6.00. The molecule has 7 heteroatoms. The highest BCUT2D eigenvalue weighted by molar-refractivity contribution is 5.63. The van der Waals surface area contributed by atoms with Crippen molar-refractivity contribution in [2.24, 2.45) is 0 Å². The quantitative estimate of drug-likeness (QED) is 0.800. The lowest BCUT2D eigenvalue weighted by molar-refractivity contribution is 0.289. The number of aromatic nitrogens is 6. The number of nitrogens with one attached hydrogen (secondary N) is 1. The molecule has 0 saturated carbocycles. The summed E-state index contributed by atoms with van der Waals surface area (Å²) in [7, 11) is 0. The van der Waals surface area contributed by atoms with E-state index >= 15 is 0 Å². The van der Waals surface area contributed by atoms with E-state index in [0.29, 0.717) is 12.4 Å². The van der Waals surface area contributed by atoms with Gasteiger partial charge in [0.15, 0.2) is 11.6 Å². The molecule has 0 spiro atoms. The third kappa shape index (κ3) is 2.81. The minimum atomic E-state index is 0.401. The predicted octanol–water partition coefficient (Wildman–Crippen LogP) is 2.37. The molecule has 0 atom stereocenters. The van der Waals surface area contributed by atoms with Crippen molar-refractivity contribution in [3.63, 3.8) is 0 Å². The Hall–Kier alpha value is -2.70. The number of rotatable bonds is 4. The van der Waals surface area contributed by atoms with Crippen molar-refractivity contribution in [3.05, 3.63) is 42.2 Å². The van der Waals surface area contributed by atoms with Crippen molar-refractivity contribution < 1.29 is 4.74 Å². The van der Waals surface area contributed by atoms with Gasteiger partial charge in [0.05, 0.1) is 5.56 Å². The zero-order chi connectivity index (χ0) is 15.5. The Balaban J connectivity index is 1.55. The van der Waals surface area contributed by atoms with Gasteiger partial charge >= 0.3 is 0 Å². The van der Waals surface area contributed by atoms with Crippen LogP contribution in [0.15, 0.2) is 30.6 Å². The van der Waals surface area contributed by atoms with Crippen molar-refractivity contribution in [2.45, 2.75) is 38.8 Å². The Morgan fingerprint density at radius 3 is 3.00 bits per heavy atom. The van der Waals surface area contributed by atoms with Crippen LogP contribution in [0.3, 0.4) is 0 Å². The molecule has 2 aromatic heterocycles. The smallest absolute Gasteiger partial charge is 0.171 e. The number of para-hydroxylation sites is 1. The molecule has 3 aromatic rings. The van der Waals surface area contributed by atoms with E-state index in [4.69, 9.17) is 4.74 Å². The average Bonchev–Trinajstić information content (AvgIpc) is 3.19. The van der Waals surface area contributed by atoms with Gasteiger partial charge in [0.2, 0.25) is 0 Å². The number of benzene rings is 1. The van der Waals surface area contributed by atoms with Crippen molar-refractivity contribution >= 4 is 0 Å². The molecule has 0 saturated heterocycles. The van der Waals surface area contributed by atoms with Crippen molar-refractivity contribution in [1.82, 2.24) is 29.9 Å². The van der Waals surface area contributed by atoms with E-state index in [-0.39, 0.29) is 0 Å². The van der Waals surface area contributed by atoms with Crippen LogP contribution >= 0.6 is 0 Å². The largest absolute Gasteiger partial charge is 0.485 e. The van der Waals surface area contributed by atoms with Gasteiger partial charge in [-0.05, 0) is 25.0 Å². The Labute approximate surface area is 133 Å². The molecule has 4 rings (SSSR count). The molecule has 118 valence electrons. The molecule has 7 nitrogen and oxygen atoms in total. The molecule has 3 heterocycles. The number of ether oxygens (including phenoxy) is 1. The number of fused-ring (bicyclic) bond motifs is 1. The first kappa shape index (κ1) is 13.9. The van der Waals surface area contributed by atoms with Crippen molar-refractivity contribution in [3.8, 4) is 17.1 Å². The van der Waals surface area contributed by atoms with Crippen LogP contribution in [0.25, 0.3) is 11.4 Å². The summed E-state index contributed by atoms with van der Waals surface area (Å²) in [5, 5.41) is 15.4. The number of hydrogen-bond acceptors (Lipinski definition) is 5. The standard InChI is InChI=1S/C16H18N6O/c1-2-8-14-19-20-15(22(14)9-5-1)10-23-13-7-4-3-6-12(13)16-17-11-18-21-16/h3-4,6-7,11H,1-2,5,8-10H2,(H,17,18,21). The van der Waals surface area contributed by atoms with Gasteiger partial charge in [-0.15, -0.1) is 10.2 Å². The second-order valence-electron chi connectivity index (χ2n) is 5.61. The average molecular weight is 310 g/mol. The number of nitrogens with zero attached hydrogens (tertiary/aromatic N) is 5. The van der Waals surface area contributed by atoms with Gasteiger partial charge in [-0.1, -0.05) is 18.6 Å². The van der Waals surface area contributed by atoms with Crippen LogP contribution in [0.1, 0.15) is 30.9 Å². The molecule has 0 amide bonds. The molecular weight excluding hydrogens is 292 g/mol. The summed E-state index contributed by atoms with van der Waals surface area (Å²) in [6.45, 7) is 1.38. The first-order valence-corrected chi connectivity index (χ1v) is 7.90. The Kier molecular flexibility index (Phi) is 3.75. The zero-order valence-electron chi connectivity index (χ0n) is 12.8. The lowest BCUT2D eigenvalue weighted by Gasteiger charge is -2.11. The van der Waals surface area contributed by atoms with E-state index in [1.807, 2.05) is 24.3 Å². The third-order valence-electron chi connectivity index (χ3n) is 4.10. The predicted molar refractivity (Wildman–Crippen MR) is 83.7 cm³/mol. The van der Waals surface area contributed by atoms with Gasteiger partial charge in [0.25, 0.3) is 0 Å². The van der Waals surface area contributed by atoms with Crippen LogP contribution in [0.4, 0.5) is 0 Å². The summed E-state index contributed by atoms with van der Waals surface area (Å²) in [6.07, 6.45) is 6.10. The molecule has 1 aliphatic rings. The molecule has 0 aliphatic carbocycles. The maximum Gasteiger partial charge on any atom is 0.171 e. The number of hydrogen-bond donors (Lipinski definition) is 1. The van der Waals surface area contributed by atoms with Gasteiger partial charge in [-0.3, -0.25) is 5.10 Å². The Morgan fingerprint density at radius 1 is 1.13 bits per heavy atom. The van der Waals surface area contributed by atoms with Crippen LogP contribution in [-0.2, 0) is 19.6 Å². The van der Waals surface area contributed by atoms with E-state index in [2.05, 4.69) is 29.9 Å². The molecule has 1 aromatic carbocycles. The van der Waals surface area contributed by atoms with Crippen LogP contribution in [0, 0.1) is 0 Å². The maximum absolute atomic E-state index is 6.00. The molecule has 0 radical (unpaired) electrons. The molecule has 0 fully saturated rings. The van der Waals surface area contributed by atoms with E-state index in [1.165, 1.54) is 25.6 Å². The SMILES string of the molecule is c1ccc(-c2ncn[nH]2)c(OCc2nnc3n2CCCCC3)c1. The summed E-state index contributed by atoms with van der Waals surface area (Å²) in [5.41, 5.74) is 0.889. The van der Waals surface area contributed by atoms with Gasteiger partial charge in [0.1, 0.15) is 24.5 Å². The van der Waals surface area contributed by atoms with Crippen LogP contribution in [0.2, 0.25) is 0 Å². The van der Waals surface area contributed by atoms with Crippen LogP contribution < -0.4 is 4.74 Å². The normalized spacial score (nSPS) is 14.3.